The smallest absolute Gasteiger partial charge is 0.0974 e. The predicted octanol–water partition coefficient (Wildman–Crippen LogP) is 0.994. The SMILES string of the molecule is CN(C)[SiH2]C1CCCC1. The van der Waals surface area contributed by atoms with Crippen molar-refractivity contribution < 1.29 is 0 Å². The van der Waals surface area contributed by atoms with E-state index in [2.05, 4.69) is 18.7 Å². The van der Waals surface area contributed by atoms with Crippen LogP contribution in [-0.4, -0.2) is 28.3 Å². The maximum absolute atomic E-state index is 2.44. The lowest BCUT2D eigenvalue weighted by atomic mass is 10.4. The minimum absolute atomic E-state index is 0.156. The van der Waals surface area contributed by atoms with E-state index in [0.29, 0.717) is 0 Å². The lowest BCUT2D eigenvalue weighted by Gasteiger charge is -2.13. The van der Waals surface area contributed by atoms with Crippen molar-refractivity contribution in [3.8, 4) is 0 Å². The molecule has 0 unspecified atom stereocenters. The van der Waals surface area contributed by atoms with Crippen molar-refractivity contribution in [1.82, 2.24) is 4.57 Å². The van der Waals surface area contributed by atoms with Crippen LogP contribution < -0.4 is 0 Å². The minimum Gasteiger partial charge on any atom is -0.334 e. The molecule has 54 valence electrons. The van der Waals surface area contributed by atoms with Gasteiger partial charge in [-0.25, -0.2) is 0 Å². The van der Waals surface area contributed by atoms with Crippen LogP contribution in [0.4, 0.5) is 0 Å². The highest BCUT2D eigenvalue weighted by Gasteiger charge is 2.15. The first kappa shape index (κ1) is 7.29. The van der Waals surface area contributed by atoms with Crippen molar-refractivity contribution in [1.29, 1.82) is 0 Å². The van der Waals surface area contributed by atoms with Gasteiger partial charge in [0.2, 0.25) is 0 Å². The van der Waals surface area contributed by atoms with Gasteiger partial charge >= 0.3 is 0 Å². The van der Waals surface area contributed by atoms with Gasteiger partial charge in [-0.05, 0) is 19.6 Å². The van der Waals surface area contributed by atoms with Crippen molar-refractivity contribution in [2.24, 2.45) is 0 Å². The lowest BCUT2D eigenvalue weighted by molar-refractivity contribution is 0.633. The first-order chi connectivity index (χ1) is 4.29. The van der Waals surface area contributed by atoms with E-state index in [1.54, 1.807) is 0 Å². The maximum atomic E-state index is 2.44. The van der Waals surface area contributed by atoms with Crippen LogP contribution in [0.3, 0.4) is 0 Å². The molecule has 0 amide bonds. The van der Waals surface area contributed by atoms with E-state index in [4.69, 9.17) is 0 Å². The van der Waals surface area contributed by atoms with Crippen molar-refractivity contribution in [3.05, 3.63) is 0 Å². The predicted molar refractivity (Wildman–Crippen MR) is 44.4 cm³/mol. The largest absolute Gasteiger partial charge is 0.334 e. The van der Waals surface area contributed by atoms with E-state index in [-0.39, 0.29) is 9.68 Å². The summed E-state index contributed by atoms with van der Waals surface area (Å²) in [5.41, 5.74) is 1.15. The third kappa shape index (κ3) is 2.50. The van der Waals surface area contributed by atoms with Gasteiger partial charge in [0.1, 0.15) is 0 Å². The third-order valence-electron chi connectivity index (χ3n) is 2.10. The highest BCUT2D eigenvalue weighted by atomic mass is 28.2. The Hall–Kier alpha value is 0.177. The van der Waals surface area contributed by atoms with Crippen LogP contribution in [0, 0.1) is 0 Å². The molecule has 1 rings (SSSR count). The Bertz CT molecular complexity index is 77.0. The minimum atomic E-state index is 0.156. The Kier molecular flexibility index (Phi) is 2.73. The molecule has 0 saturated heterocycles. The zero-order valence-corrected chi connectivity index (χ0v) is 7.97. The van der Waals surface area contributed by atoms with Gasteiger partial charge in [0, 0.05) is 0 Å². The summed E-state index contributed by atoms with van der Waals surface area (Å²) in [6, 6.07) is 0. The molecule has 0 atom stereocenters. The zero-order valence-electron chi connectivity index (χ0n) is 6.56. The van der Waals surface area contributed by atoms with Crippen LogP contribution in [0.5, 0.6) is 0 Å². The Morgan fingerprint density at radius 1 is 1.22 bits per heavy atom. The molecule has 0 N–H and O–H groups in total. The van der Waals surface area contributed by atoms with E-state index >= 15 is 0 Å². The summed E-state index contributed by atoms with van der Waals surface area (Å²) >= 11 is 0. The zero-order chi connectivity index (χ0) is 6.69. The first-order valence-electron chi connectivity index (χ1n) is 3.94. The second-order valence-electron chi connectivity index (χ2n) is 3.41. The molecule has 1 nitrogen and oxygen atoms in total. The summed E-state index contributed by atoms with van der Waals surface area (Å²) in [4.78, 5) is 0. The molecular formula is C7H17NSi. The average molecular weight is 143 g/mol. The Morgan fingerprint density at radius 2 is 1.78 bits per heavy atom. The summed E-state index contributed by atoms with van der Waals surface area (Å²) in [5.74, 6) is 0. The van der Waals surface area contributed by atoms with Gasteiger partial charge in [0.25, 0.3) is 0 Å². The van der Waals surface area contributed by atoms with E-state index in [0.717, 1.165) is 5.54 Å². The van der Waals surface area contributed by atoms with Gasteiger partial charge in [-0.3, -0.25) is 0 Å². The van der Waals surface area contributed by atoms with E-state index < -0.39 is 0 Å². The third-order valence-corrected chi connectivity index (χ3v) is 4.16. The molecule has 0 aromatic rings. The van der Waals surface area contributed by atoms with Crippen LogP contribution in [0.2, 0.25) is 5.54 Å². The van der Waals surface area contributed by atoms with Crippen LogP contribution in [0.15, 0.2) is 0 Å². The lowest BCUT2D eigenvalue weighted by Crippen LogP contribution is -2.20. The number of hydrogen-bond donors (Lipinski definition) is 0. The molecule has 2 heteroatoms. The number of rotatable bonds is 2. The topological polar surface area (TPSA) is 3.24 Å². The molecule has 1 saturated carbocycles. The van der Waals surface area contributed by atoms with Crippen LogP contribution in [-0.2, 0) is 0 Å². The molecule has 0 aromatic carbocycles. The second kappa shape index (κ2) is 3.37. The molecule has 0 spiro atoms. The summed E-state index contributed by atoms with van der Waals surface area (Å²) in [6.45, 7) is 0. The van der Waals surface area contributed by atoms with Gasteiger partial charge in [-0.2, -0.15) is 0 Å². The Labute approximate surface area is 60.3 Å². The fourth-order valence-corrected chi connectivity index (χ4v) is 3.68. The standard InChI is InChI=1S/C7H17NSi/c1-8(2)9-7-5-3-4-6-7/h7H,3-6,9H2,1-2H3. The van der Waals surface area contributed by atoms with Crippen LogP contribution in [0.25, 0.3) is 0 Å². The molecule has 1 aliphatic rings. The maximum Gasteiger partial charge on any atom is 0.0974 e. The summed E-state index contributed by atoms with van der Waals surface area (Å²) in [6.07, 6.45) is 6.08. The fourth-order valence-electron chi connectivity index (χ4n) is 1.71. The molecule has 9 heavy (non-hydrogen) atoms. The second-order valence-corrected chi connectivity index (χ2v) is 6.20. The Morgan fingerprint density at radius 3 is 2.22 bits per heavy atom. The first-order valence-corrected chi connectivity index (χ1v) is 5.38. The molecule has 0 aromatic heterocycles. The summed E-state index contributed by atoms with van der Waals surface area (Å²) < 4.78 is 2.44. The van der Waals surface area contributed by atoms with Gasteiger partial charge in [-0.1, -0.05) is 25.7 Å². The van der Waals surface area contributed by atoms with Crippen LogP contribution in [0.1, 0.15) is 25.7 Å². The van der Waals surface area contributed by atoms with E-state index in [1.165, 1.54) is 25.7 Å². The van der Waals surface area contributed by atoms with Crippen molar-refractivity contribution in [3.63, 3.8) is 0 Å². The fraction of sp³-hybridized carbons (Fsp3) is 1.00. The van der Waals surface area contributed by atoms with Crippen molar-refractivity contribution in [2.45, 2.75) is 31.2 Å². The number of hydrogen-bond acceptors (Lipinski definition) is 1. The summed E-state index contributed by atoms with van der Waals surface area (Å²) in [7, 11) is 4.61. The molecule has 0 heterocycles. The molecule has 0 aliphatic heterocycles. The van der Waals surface area contributed by atoms with Gasteiger partial charge in [0.15, 0.2) is 0 Å². The summed E-state index contributed by atoms with van der Waals surface area (Å²) in [5, 5.41) is 0. The molecule has 1 fully saturated rings. The van der Waals surface area contributed by atoms with Gasteiger partial charge in [0.05, 0.1) is 9.68 Å². The quantitative estimate of drug-likeness (QED) is 0.521. The monoisotopic (exact) mass is 143 g/mol. The normalized spacial score (nSPS) is 23.0. The highest BCUT2D eigenvalue weighted by molar-refractivity contribution is 6.34. The molecule has 0 bridgehead atoms. The average Bonchev–Trinajstić information content (AvgIpc) is 2.15. The Balaban J connectivity index is 2.11. The van der Waals surface area contributed by atoms with Crippen molar-refractivity contribution in [2.75, 3.05) is 14.1 Å². The molecular weight excluding hydrogens is 126 g/mol. The molecule has 0 radical (unpaired) electrons. The van der Waals surface area contributed by atoms with Gasteiger partial charge < -0.3 is 4.57 Å². The molecule has 1 aliphatic carbocycles. The van der Waals surface area contributed by atoms with Gasteiger partial charge in [-0.15, -0.1) is 0 Å². The van der Waals surface area contributed by atoms with E-state index in [1.807, 2.05) is 0 Å². The highest BCUT2D eigenvalue weighted by Crippen LogP contribution is 2.28. The number of nitrogens with zero attached hydrogens (tertiary/aromatic N) is 1. The van der Waals surface area contributed by atoms with Crippen LogP contribution >= 0.6 is 0 Å². The van der Waals surface area contributed by atoms with E-state index in [9.17, 15) is 0 Å². The van der Waals surface area contributed by atoms with Crippen molar-refractivity contribution >= 4 is 9.68 Å².